The Morgan fingerprint density at radius 3 is 2.07 bits per heavy atom. The third-order valence-corrected chi connectivity index (χ3v) is 3.96. The molecule has 2 rings (SSSR count). The molecule has 0 saturated heterocycles. The Labute approximate surface area is 170 Å². The zero-order valence-corrected chi connectivity index (χ0v) is 17.0. The van der Waals surface area contributed by atoms with E-state index in [1.54, 1.807) is 30.1 Å². The van der Waals surface area contributed by atoms with Gasteiger partial charge in [0.25, 0.3) is 0 Å². The summed E-state index contributed by atoms with van der Waals surface area (Å²) in [4.78, 5) is 37.3. The number of amides is 3. The zero-order chi connectivity index (χ0) is 21.4. The molecular weight excluding hydrogens is 372 g/mol. The number of ether oxygens (including phenoxy) is 1. The van der Waals surface area contributed by atoms with Crippen molar-refractivity contribution in [2.24, 2.45) is 0 Å². The van der Waals surface area contributed by atoms with E-state index in [2.05, 4.69) is 16.0 Å². The number of anilines is 3. The van der Waals surface area contributed by atoms with Gasteiger partial charge in [0, 0.05) is 18.3 Å². The molecule has 3 N–H and O–H groups in total. The van der Waals surface area contributed by atoms with Crippen LogP contribution >= 0.6 is 0 Å². The first-order chi connectivity index (χ1) is 13.8. The van der Waals surface area contributed by atoms with E-state index in [1.807, 2.05) is 31.2 Å². The number of benzene rings is 2. The molecule has 2 aromatic carbocycles. The normalized spacial score (nSPS) is 10.4. The number of methoxy groups -OCH3 is 1. The summed E-state index contributed by atoms with van der Waals surface area (Å²) in [7, 11) is 3.17. The van der Waals surface area contributed by atoms with Gasteiger partial charge in [0.1, 0.15) is 5.75 Å². The molecule has 0 fully saturated rings. The summed E-state index contributed by atoms with van der Waals surface area (Å²) in [5, 5.41) is 8.20. The number of likely N-dealkylation sites (N-methyl/N-ethyl adjacent to an activating group) is 1. The molecule has 0 unspecified atom stereocenters. The van der Waals surface area contributed by atoms with Crippen molar-refractivity contribution in [3.8, 4) is 5.75 Å². The second-order valence-electron chi connectivity index (χ2n) is 6.73. The lowest BCUT2D eigenvalue weighted by molar-refractivity contribution is -0.119. The van der Waals surface area contributed by atoms with E-state index in [9.17, 15) is 14.4 Å². The first-order valence-corrected chi connectivity index (χ1v) is 9.07. The van der Waals surface area contributed by atoms with Crippen LogP contribution in [0.5, 0.6) is 5.75 Å². The van der Waals surface area contributed by atoms with Crippen LogP contribution in [0.1, 0.15) is 12.5 Å². The van der Waals surface area contributed by atoms with Crippen molar-refractivity contribution in [2.45, 2.75) is 13.8 Å². The van der Waals surface area contributed by atoms with Gasteiger partial charge in [0.05, 0.1) is 25.9 Å². The van der Waals surface area contributed by atoms with Crippen LogP contribution in [0.3, 0.4) is 0 Å². The van der Waals surface area contributed by atoms with Crippen LogP contribution in [0, 0.1) is 6.92 Å². The Balaban J connectivity index is 1.91. The maximum Gasteiger partial charge on any atom is 0.238 e. The molecule has 0 aliphatic carbocycles. The molecular formula is C21H26N4O4. The van der Waals surface area contributed by atoms with Crippen molar-refractivity contribution in [2.75, 3.05) is 43.2 Å². The van der Waals surface area contributed by atoms with Crippen LogP contribution in [-0.2, 0) is 14.4 Å². The largest absolute Gasteiger partial charge is 0.495 e. The van der Waals surface area contributed by atoms with E-state index in [0.29, 0.717) is 22.8 Å². The standard InChI is InChI=1S/C21H26N4O4/c1-14-5-7-16(8-6-14)23-20(27)12-25(3)13-21(28)24-18-11-17(22-15(2)26)9-10-19(18)29-4/h5-11H,12-13H2,1-4H3,(H,22,26)(H,23,27)(H,24,28). The van der Waals surface area contributed by atoms with Gasteiger partial charge in [-0.3, -0.25) is 19.3 Å². The molecule has 0 atom stereocenters. The van der Waals surface area contributed by atoms with Gasteiger partial charge in [-0.25, -0.2) is 0 Å². The summed E-state index contributed by atoms with van der Waals surface area (Å²) < 4.78 is 5.25. The summed E-state index contributed by atoms with van der Waals surface area (Å²) in [6.07, 6.45) is 0. The quantitative estimate of drug-likeness (QED) is 0.634. The first kappa shape index (κ1) is 21.9. The van der Waals surface area contributed by atoms with Crippen molar-refractivity contribution in [1.29, 1.82) is 0 Å². The molecule has 0 aliphatic rings. The fourth-order valence-electron chi connectivity index (χ4n) is 2.66. The molecule has 8 heteroatoms. The molecule has 3 amide bonds. The van der Waals surface area contributed by atoms with E-state index in [4.69, 9.17) is 4.74 Å². The van der Waals surface area contributed by atoms with Gasteiger partial charge in [-0.1, -0.05) is 17.7 Å². The maximum atomic E-state index is 12.4. The average Bonchev–Trinajstić information content (AvgIpc) is 2.63. The first-order valence-electron chi connectivity index (χ1n) is 9.07. The third kappa shape index (κ3) is 7.27. The lowest BCUT2D eigenvalue weighted by Gasteiger charge is -2.17. The smallest absolute Gasteiger partial charge is 0.238 e. The minimum absolute atomic E-state index is 0.00877. The average molecular weight is 398 g/mol. The predicted octanol–water partition coefficient (Wildman–Crippen LogP) is 2.47. The lowest BCUT2D eigenvalue weighted by atomic mass is 10.2. The lowest BCUT2D eigenvalue weighted by Crippen LogP contribution is -2.36. The summed E-state index contributed by atoms with van der Waals surface area (Å²) in [6.45, 7) is 3.44. The highest BCUT2D eigenvalue weighted by Gasteiger charge is 2.14. The summed E-state index contributed by atoms with van der Waals surface area (Å²) >= 11 is 0. The Morgan fingerprint density at radius 1 is 0.897 bits per heavy atom. The minimum Gasteiger partial charge on any atom is -0.495 e. The molecule has 0 radical (unpaired) electrons. The minimum atomic E-state index is -0.311. The van der Waals surface area contributed by atoms with E-state index < -0.39 is 0 Å². The summed E-state index contributed by atoms with van der Waals surface area (Å²) in [6, 6.07) is 12.4. The Bertz CT molecular complexity index is 881. The van der Waals surface area contributed by atoms with Crippen molar-refractivity contribution >= 4 is 34.8 Å². The predicted molar refractivity (Wildman–Crippen MR) is 113 cm³/mol. The Hall–Kier alpha value is -3.39. The van der Waals surface area contributed by atoms with E-state index in [0.717, 1.165) is 5.56 Å². The van der Waals surface area contributed by atoms with Crippen molar-refractivity contribution in [3.63, 3.8) is 0 Å². The number of nitrogens with zero attached hydrogens (tertiary/aromatic N) is 1. The number of carbonyl (C=O) groups is 3. The van der Waals surface area contributed by atoms with Crippen molar-refractivity contribution in [3.05, 3.63) is 48.0 Å². The van der Waals surface area contributed by atoms with Crippen LogP contribution < -0.4 is 20.7 Å². The van der Waals surface area contributed by atoms with Gasteiger partial charge in [-0.05, 0) is 44.3 Å². The molecule has 0 aliphatic heterocycles. The molecule has 154 valence electrons. The van der Waals surface area contributed by atoms with Crippen LogP contribution in [0.4, 0.5) is 17.1 Å². The second-order valence-corrected chi connectivity index (χ2v) is 6.73. The Kier molecular flexibility index (Phi) is 7.73. The highest BCUT2D eigenvalue weighted by molar-refractivity contribution is 5.97. The van der Waals surface area contributed by atoms with E-state index in [1.165, 1.54) is 14.0 Å². The number of rotatable bonds is 8. The highest BCUT2D eigenvalue weighted by Crippen LogP contribution is 2.27. The van der Waals surface area contributed by atoms with Crippen molar-refractivity contribution in [1.82, 2.24) is 4.90 Å². The molecule has 8 nitrogen and oxygen atoms in total. The molecule has 0 spiro atoms. The van der Waals surface area contributed by atoms with Gasteiger partial charge in [-0.2, -0.15) is 0 Å². The maximum absolute atomic E-state index is 12.4. The van der Waals surface area contributed by atoms with E-state index >= 15 is 0 Å². The molecule has 0 bridgehead atoms. The number of hydrogen-bond acceptors (Lipinski definition) is 5. The summed E-state index contributed by atoms with van der Waals surface area (Å²) in [5.74, 6) is -0.276. The van der Waals surface area contributed by atoms with Gasteiger partial charge in [-0.15, -0.1) is 0 Å². The SMILES string of the molecule is COc1ccc(NC(C)=O)cc1NC(=O)CN(C)CC(=O)Nc1ccc(C)cc1. The number of aryl methyl sites for hydroxylation is 1. The fraction of sp³-hybridized carbons (Fsp3) is 0.286. The fourth-order valence-corrected chi connectivity index (χ4v) is 2.66. The van der Waals surface area contributed by atoms with Crippen molar-refractivity contribution < 1.29 is 19.1 Å². The van der Waals surface area contributed by atoms with Gasteiger partial charge >= 0.3 is 0 Å². The monoisotopic (exact) mass is 398 g/mol. The number of hydrogen-bond donors (Lipinski definition) is 3. The van der Waals surface area contributed by atoms with Crippen LogP contribution in [-0.4, -0.2) is 49.9 Å². The van der Waals surface area contributed by atoms with Crippen LogP contribution in [0.15, 0.2) is 42.5 Å². The van der Waals surface area contributed by atoms with E-state index in [-0.39, 0.29) is 30.8 Å². The zero-order valence-electron chi connectivity index (χ0n) is 17.0. The molecule has 0 saturated carbocycles. The van der Waals surface area contributed by atoms with Crippen LogP contribution in [0.2, 0.25) is 0 Å². The summed E-state index contributed by atoms with van der Waals surface area (Å²) in [5.41, 5.74) is 2.79. The second kappa shape index (κ2) is 10.2. The molecule has 0 heterocycles. The number of nitrogens with one attached hydrogen (secondary N) is 3. The van der Waals surface area contributed by atoms with Gasteiger partial charge in [0.2, 0.25) is 17.7 Å². The number of carbonyl (C=O) groups excluding carboxylic acids is 3. The molecule has 29 heavy (non-hydrogen) atoms. The van der Waals surface area contributed by atoms with Gasteiger partial charge in [0.15, 0.2) is 0 Å². The van der Waals surface area contributed by atoms with Gasteiger partial charge < -0.3 is 20.7 Å². The topological polar surface area (TPSA) is 99.8 Å². The third-order valence-electron chi connectivity index (χ3n) is 3.96. The Morgan fingerprint density at radius 2 is 1.48 bits per heavy atom. The highest BCUT2D eigenvalue weighted by atomic mass is 16.5. The van der Waals surface area contributed by atoms with Crippen LogP contribution in [0.25, 0.3) is 0 Å². The molecule has 2 aromatic rings. The molecule has 0 aromatic heterocycles.